The predicted molar refractivity (Wildman–Crippen MR) is 59.9 cm³/mol. The highest BCUT2D eigenvalue weighted by molar-refractivity contribution is 9.10. The summed E-state index contributed by atoms with van der Waals surface area (Å²) >= 11 is 7.51. The molecule has 0 spiro atoms. The number of aryl methyl sites for hydroxylation is 1. The lowest BCUT2D eigenvalue weighted by Gasteiger charge is -2.07. The smallest absolute Gasteiger partial charge is 0.160 e. The molecule has 0 atom stereocenters. The van der Waals surface area contributed by atoms with Gasteiger partial charge in [-0.3, -0.25) is 0 Å². The van der Waals surface area contributed by atoms with E-state index in [1.54, 1.807) is 6.07 Å². The number of methoxy groups -OCH3 is 1. The molecule has 0 saturated carbocycles. The second kappa shape index (κ2) is 4.77. The summed E-state index contributed by atoms with van der Waals surface area (Å²) in [5.74, 6) is 1.42. The van der Waals surface area contributed by atoms with Gasteiger partial charge in [0, 0.05) is 4.47 Å². The minimum atomic E-state index is 0.150. The first-order valence-corrected chi connectivity index (χ1v) is 5.27. The standard InChI is InChI=1S/C9H11BrO2S/c1-12-9-4-6(2-3-13)7(10)5-8(9)11/h4-5,11,13H,2-3H2,1H3. The molecule has 0 unspecified atom stereocenters. The maximum atomic E-state index is 9.41. The van der Waals surface area contributed by atoms with Gasteiger partial charge in [-0.1, -0.05) is 15.9 Å². The van der Waals surface area contributed by atoms with Crippen LogP contribution in [0.4, 0.5) is 0 Å². The molecule has 0 saturated heterocycles. The molecule has 1 rings (SSSR count). The largest absolute Gasteiger partial charge is 0.504 e. The maximum absolute atomic E-state index is 9.41. The van der Waals surface area contributed by atoms with Crippen LogP contribution in [0.1, 0.15) is 5.56 Å². The van der Waals surface area contributed by atoms with E-state index < -0.39 is 0 Å². The highest BCUT2D eigenvalue weighted by atomic mass is 79.9. The van der Waals surface area contributed by atoms with E-state index in [1.807, 2.05) is 6.07 Å². The van der Waals surface area contributed by atoms with Crippen molar-refractivity contribution in [1.29, 1.82) is 0 Å². The molecule has 0 aliphatic rings. The van der Waals surface area contributed by atoms with E-state index in [9.17, 15) is 5.11 Å². The van der Waals surface area contributed by atoms with Crippen LogP contribution >= 0.6 is 28.6 Å². The number of phenols is 1. The Morgan fingerprint density at radius 1 is 1.54 bits per heavy atom. The zero-order valence-corrected chi connectivity index (χ0v) is 9.73. The van der Waals surface area contributed by atoms with Crippen LogP contribution in [-0.4, -0.2) is 18.0 Å². The molecule has 0 radical (unpaired) electrons. The van der Waals surface area contributed by atoms with Crippen molar-refractivity contribution < 1.29 is 9.84 Å². The first kappa shape index (κ1) is 10.7. The molecular formula is C9H11BrO2S. The van der Waals surface area contributed by atoms with Gasteiger partial charge < -0.3 is 9.84 Å². The molecule has 0 bridgehead atoms. The molecule has 4 heteroatoms. The number of phenolic OH excluding ortho intramolecular Hbond substituents is 1. The zero-order chi connectivity index (χ0) is 9.84. The lowest BCUT2D eigenvalue weighted by atomic mass is 10.1. The normalized spacial score (nSPS) is 10.1. The van der Waals surface area contributed by atoms with E-state index in [0.717, 1.165) is 22.2 Å². The number of hydrogen-bond acceptors (Lipinski definition) is 3. The van der Waals surface area contributed by atoms with Crippen molar-refractivity contribution in [3.63, 3.8) is 0 Å². The summed E-state index contributed by atoms with van der Waals surface area (Å²) in [6.45, 7) is 0. The Hall–Kier alpha value is -0.350. The van der Waals surface area contributed by atoms with Crippen LogP contribution in [0.15, 0.2) is 16.6 Å². The molecule has 0 aliphatic carbocycles. The Labute approximate surface area is 91.5 Å². The van der Waals surface area contributed by atoms with E-state index in [0.29, 0.717) is 5.75 Å². The van der Waals surface area contributed by atoms with E-state index in [-0.39, 0.29) is 5.75 Å². The number of halogens is 1. The summed E-state index contributed by atoms with van der Waals surface area (Å²) in [5, 5.41) is 9.41. The molecule has 1 aromatic rings. The van der Waals surface area contributed by atoms with Crippen LogP contribution in [0.25, 0.3) is 0 Å². The van der Waals surface area contributed by atoms with Crippen LogP contribution in [0.3, 0.4) is 0 Å². The lowest BCUT2D eigenvalue weighted by molar-refractivity contribution is 0.372. The van der Waals surface area contributed by atoms with E-state index in [2.05, 4.69) is 28.6 Å². The molecule has 0 amide bonds. The Bertz CT molecular complexity index is 302. The van der Waals surface area contributed by atoms with Gasteiger partial charge >= 0.3 is 0 Å². The Morgan fingerprint density at radius 3 is 2.77 bits per heavy atom. The molecule has 2 nitrogen and oxygen atoms in total. The summed E-state index contributed by atoms with van der Waals surface area (Å²) in [5.41, 5.74) is 1.09. The molecule has 0 fully saturated rings. The van der Waals surface area contributed by atoms with Crippen molar-refractivity contribution in [3.8, 4) is 11.5 Å². The molecule has 13 heavy (non-hydrogen) atoms. The van der Waals surface area contributed by atoms with Crippen LogP contribution in [-0.2, 0) is 6.42 Å². The van der Waals surface area contributed by atoms with Crippen molar-refractivity contribution in [1.82, 2.24) is 0 Å². The van der Waals surface area contributed by atoms with Crippen LogP contribution < -0.4 is 4.74 Å². The van der Waals surface area contributed by atoms with E-state index >= 15 is 0 Å². The van der Waals surface area contributed by atoms with Crippen molar-refractivity contribution in [2.75, 3.05) is 12.9 Å². The number of hydrogen-bond donors (Lipinski definition) is 2. The van der Waals surface area contributed by atoms with Crippen LogP contribution in [0, 0.1) is 0 Å². The van der Waals surface area contributed by atoms with Crippen molar-refractivity contribution in [2.24, 2.45) is 0 Å². The monoisotopic (exact) mass is 262 g/mol. The highest BCUT2D eigenvalue weighted by Gasteiger charge is 2.06. The topological polar surface area (TPSA) is 29.5 Å². The zero-order valence-electron chi connectivity index (χ0n) is 7.25. The number of aromatic hydroxyl groups is 1. The van der Waals surface area contributed by atoms with Crippen molar-refractivity contribution in [2.45, 2.75) is 6.42 Å². The minimum absolute atomic E-state index is 0.150. The number of ether oxygens (including phenoxy) is 1. The molecule has 0 heterocycles. The molecule has 1 aromatic carbocycles. The number of benzene rings is 1. The summed E-state index contributed by atoms with van der Waals surface area (Å²) in [6.07, 6.45) is 0.848. The Kier molecular flexibility index (Phi) is 3.93. The quantitative estimate of drug-likeness (QED) is 0.821. The van der Waals surface area contributed by atoms with Gasteiger partial charge in [-0.15, -0.1) is 0 Å². The molecule has 72 valence electrons. The summed E-state index contributed by atoms with van der Waals surface area (Å²) in [7, 11) is 1.54. The van der Waals surface area contributed by atoms with Gasteiger partial charge in [0.05, 0.1) is 7.11 Å². The second-order valence-electron chi connectivity index (χ2n) is 2.59. The molecular weight excluding hydrogens is 252 g/mol. The van der Waals surface area contributed by atoms with Gasteiger partial charge in [0.15, 0.2) is 11.5 Å². The average Bonchev–Trinajstić information content (AvgIpc) is 2.10. The number of rotatable bonds is 3. The minimum Gasteiger partial charge on any atom is -0.504 e. The van der Waals surface area contributed by atoms with Gasteiger partial charge in [0.25, 0.3) is 0 Å². The third-order valence-corrected chi connectivity index (χ3v) is 2.69. The van der Waals surface area contributed by atoms with Crippen LogP contribution in [0.2, 0.25) is 0 Å². The van der Waals surface area contributed by atoms with Gasteiger partial charge in [0.2, 0.25) is 0 Å². The third kappa shape index (κ3) is 2.54. The maximum Gasteiger partial charge on any atom is 0.160 e. The second-order valence-corrected chi connectivity index (χ2v) is 3.89. The van der Waals surface area contributed by atoms with Gasteiger partial charge in [-0.2, -0.15) is 12.6 Å². The van der Waals surface area contributed by atoms with Crippen molar-refractivity contribution >= 4 is 28.6 Å². The Morgan fingerprint density at radius 2 is 2.23 bits per heavy atom. The summed E-state index contributed by atoms with van der Waals surface area (Å²) < 4.78 is 5.88. The van der Waals surface area contributed by atoms with Crippen molar-refractivity contribution in [3.05, 3.63) is 22.2 Å². The fraction of sp³-hybridized carbons (Fsp3) is 0.333. The van der Waals surface area contributed by atoms with E-state index in [4.69, 9.17) is 4.74 Å². The number of thiol groups is 1. The highest BCUT2D eigenvalue weighted by Crippen LogP contribution is 2.32. The summed E-state index contributed by atoms with van der Waals surface area (Å²) in [4.78, 5) is 0. The fourth-order valence-electron chi connectivity index (χ4n) is 1.06. The van der Waals surface area contributed by atoms with E-state index in [1.165, 1.54) is 7.11 Å². The van der Waals surface area contributed by atoms with Gasteiger partial charge in [-0.05, 0) is 29.9 Å². The lowest BCUT2D eigenvalue weighted by Crippen LogP contribution is -1.91. The SMILES string of the molecule is COc1cc(CCS)c(Br)cc1O. The first-order valence-electron chi connectivity index (χ1n) is 3.85. The molecule has 0 aliphatic heterocycles. The fourth-order valence-corrected chi connectivity index (χ4v) is 1.83. The van der Waals surface area contributed by atoms with Gasteiger partial charge in [-0.25, -0.2) is 0 Å². The Balaban J connectivity index is 3.06. The van der Waals surface area contributed by atoms with Gasteiger partial charge in [0.1, 0.15) is 0 Å². The average molecular weight is 263 g/mol. The molecule has 0 aromatic heterocycles. The predicted octanol–water partition coefficient (Wildman–Crippen LogP) is 2.64. The van der Waals surface area contributed by atoms with Crippen LogP contribution in [0.5, 0.6) is 11.5 Å². The first-order chi connectivity index (χ1) is 6.19. The third-order valence-electron chi connectivity index (χ3n) is 1.73. The summed E-state index contributed by atoms with van der Waals surface area (Å²) in [6, 6.07) is 3.45. The molecule has 1 N–H and O–H groups in total.